The van der Waals surface area contributed by atoms with Crippen molar-refractivity contribution >= 4 is 56.7 Å². The van der Waals surface area contributed by atoms with Crippen LogP contribution in [0.1, 0.15) is 6.42 Å². The van der Waals surface area contributed by atoms with Gasteiger partial charge in [-0.25, -0.2) is 0 Å². The first kappa shape index (κ1) is 19.4. The molecule has 0 unspecified atom stereocenters. The molecule has 1 aliphatic heterocycles. The van der Waals surface area contributed by atoms with Crippen LogP contribution >= 0.6 is 27.5 Å². The minimum absolute atomic E-state index is 0.0634. The van der Waals surface area contributed by atoms with E-state index in [2.05, 4.69) is 21.2 Å². The molecule has 3 rings (SSSR count). The Bertz CT molecular complexity index is 875. The van der Waals surface area contributed by atoms with Crippen molar-refractivity contribution in [3.63, 3.8) is 0 Å². The summed E-state index contributed by atoms with van der Waals surface area (Å²) >= 11 is 9.31. The summed E-state index contributed by atoms with van der Waals surface area (Å²) in [5.74, 6) is -1.81. The molecule has 0 aromatic heterocycles. The lowest BCUT2D eigenvalue weighted by Gasteiger charge is -2.16. The summed E-state index contributed by atoms with van der Waals surface area (Å²) in [6, 6.07) is 14.1. The summed E-state index contributed by atoms with van der Waals surface area (Å²) in [5.41, 5.74) is 1.16. The van der Waals surface area contributed by atoms with Crippen molar-refractivity contribution in [1.29, 1.82) is 0 Å². The number of hydrogen-bond donors (Lipinski definition) is 1. The van der Waals surface area contributed by atoms with Crippen LogP contribution in [0.4, 0.5) is 11.4 Å². The second kappa shape index (κ2) is 8.54. The number of carbonyl (C=O) groups excluding carboxylic acids is 3. The molecule has 1 atom stereocenters. The standard InChI is InChI=1S/C19H16BrClN2O4/c20-13-6-7-16(15(21)9-13)22-17(24)11-27-19(26)12-8-18(25)23(10-12)14-4-2-1-3-5-14/h1-7,9,12H,8,10-11H2,(H,22,24)/t12-/m0/s1. The summed E-state index contributed by atoms with van der Waals surface area (Å²) in [7, 11) is 0. The predicted octanol–water partition coefficient (Wildman–Crippen LogP) is 3.64. The molecule has 0 spiro atoms. The number of anilines is 2. The van der Waals surface area contributed by atoms with Gasteiger partial charge in [0.05, 0.1) is 16.6 Å². The van der Waals surface area contributed by atoms with Gasteiger partial charge in [0.1, 0.15) is 0 Å². The lowest BCUT2D eigenvalue weighted by molar-refractivity contribution is -0.151. The molecule has 0 aliphatic carbocycles. The Labute approximate surface area is 169 Å². The number of halogens is 2. The molecule has 140 valence electrons. The number of carbonyl (C=O) groups is 3. The van der Waals surface area contributed by atoms with E-state index in [1.54, 1.807) is 35.2 Å². The molecule has 1 fully saturated rings. The van der Waals surface area contributed by atoms with E-state index in [9.17, 15) is 14.4 Å². The van der Waals surface area contributed by atoms with Crippen LogP contribution in [0.25, 0.3) is 0 Å². The van der Waals surface area contributed by atoms with E-state index in [1.807, 2.05) is 18.2 Å². The van der Waals surface area contributed by atoms with Crippen LogP contribution in [-0.2, 0) is 19.1 Å². The number of amides is 2. The van der Waals surface area contributed by atoms with E-state index in [1.165, 1.54) is 0 Å². The number of para-hydroxylation sites is 1. The first-order valence-corrected chi connectivity index (χ1v) is 9.38. The first-order valence-electron chi connectivity index (χ1n) is 8.21. The Morgan fingerprint density at radius 2 is 1.96 bits per heavy atom. The van der Waals surface area contributed by atoms with Crippen LogP contribution in [0, 0.1) is 5.92 Å². The van der Waals surface area contributed by atoms with Crippen molar-refractivity contribution in [3.05, 3.63) is 58.0 Å². The number of esters is 1. The van der Waals surface area contributed by atoms with Crippen molar-refractivity contribution in [3.8, 4) is 0 Å². The summed E-state index contributed by atoms with van der Waals surface area (Å²) in [4.78, 5) is 37.9. The summed E-state index contributed by atoms with van der Waals surface area (Å²) in [5, 5.41) is 2.95. The average molecular weight is 452 g/mol. The van der Waals surface area contributed by atoms with Gasteiger partial charge >= 0.3 is 5.97 Å². The Hall–Kier alpha value is -2.38. The predicted molar refractivity (Wildman–Crippen MR) is 106 cm³/mol. The first-order chi connectivity index (χ1) is 12.9. The van der Waals surface area contributed by atoms with Gasteiger partial charge in [0, 0.05) is 23.1 Å². The Balaban J connectivity index is 1.52. The molecule has 27 heavy (non-hydrogen) atoms. The zero-order chi connectivity index (χ0) is 19.4. The van der Waals surface area contributed by atoms with Gasteiger partial charge in [0.2, 0.25) is 5.91 Å². The monoisotopic (exact) mass is 450 g/mol. The zero-order valence-corrected chi connectivity index (χ0v) is 16.5. The van der Waals surface area contributed by atoms with Gasteiger partial charge in [-0.15, -0.1) is 0 Å². The average Bonchev–Trinajstić information content (AvgIpc) is 3.04. The third-order valence-corrected chi connectivity index (χ3v) is 4.88. The summed E-state index contributed by atoms with van der Waals surface area (Å²) < 4.78 is 5.86. The number of benzene rings is 2. The number of rotatable bonds is 5. The van der Waals surface area contributed by atoms with E-state index >= 15 is 0 Å². The van der Waals surface area contributed by atoms with Gasteiger partial charge in [0.25, 0.3) is 5.91 Å². The third-order valence-electron chi connectivity index (χ3n) is 4.08. The van der Waals surface area contributed by atoms with Crippen LogP contribution in [0.3, 0.4) is 0 Å². The van der Waals surface area contributed by atoms with Crippen molar-refractivity contribution in [2.24, 2.45) is 5.92 Å². The molecule has 2 aromatic carbocycles. The zero-order valence-electron chi connectivity index (χ0n) is 14.2. The van der Waals surface area contributed by atoms with Crippen molar-refractivity contribution < 1.29 is 19.1 Å². The van der Waals surface area contributed by atoms with E-state index in [0.717, 1.165) is 10.2 Å². The molecule has 1 aliphatic rings. The highest BCUT2D eigenvalue weighted by Crippen LogP contribution is 2.27. The highest BCUT2D eigenvalue weighted by molar-refractivity contribution is 9.10. The molecular formula is C19H16BrClN2O4. The molecule has 2 aromatic rings. The van der Waals surface area contributed by atoms with Gasteiger partial charge in [-0.05, 0) is 30.3 Å². The molecule has 1 N–H and O–H groups in total. The molecular weight excluding hydrogens is 436 g/mol. The number of ether oxygens (including phenoxy) is 1. The van der Waals surface area contributed by atoms with Crippen molar-refractivity contribution in [1.82, 2.24) is 0 Å². The maximum absolute atomic E-state index is 12.2. The maximum atomic E-state index is 12.2. The normalized spacial score (nSPS) is 16.3. The van der Waals surface area contributed by atoms with Gasteiger partial charge in [-0.3, -0.25) is 14.4 Å². The molecule has 8 heteroatoms. The third kappa shape index (κ3) is 4.87. The fourth-order valence-electron chi connectivity index (χ4n) is 2.75. The van der Waals surface area contributed by atoms with Crippen LogP contribution < -0.4 is 10.2 Å². The van der Waals surface area contributed by atoms with Gasteiger partial charge < -0.3 is 15.0 Å². The minimum Gasteiger partial charge on any atom is -0.455 e. The molecule has 2 amide bonds. The van der Waals surface area contributed by atoms with Crippen molar-refractivity contribution in [2.75, 3.05) is 23.4 Å². The summed E-state index contributed by atoms with van der Waals surface area (Å²) in [6.07, 6.45) is 0.0634. The smallest absolute Gasteiger partial charge is 0.311 e. The largest absolute Gasteiger partial charge is 0.455 e. The van der Waals surface area contributed by atoms with Gasteiger partial charge in [-0.1, -0.05) is 45.7 Å². The molecule has 0 saturated carbocycles. The number of nitrogens with one attached hydrogen (secondary N) is 1. The number of nitrogens with zero attached hydrogens (tertiary/aromatic N) is 1. The topological polar surface area (TPSA) is 75.7 Å². The Morgan fingerprint density at radius 3 is 2.67 bits per heavy atom. The molecule has 1 heterocycles. The Kier molecular flexibility index (Phi) is 6.13. The maximum Gasteiger partial charge on any atom is 0.311 e. The molecule has 1 saturated heterocycles. The molecule has 0 bridgehead atoms. The molecule has 6 nitrogen and oxygen atoms in total. The highest BCUT2D eigenvalue weighted by atomic mass is 79.9. The second-order valence-corrected chi connectivity index (χ2v) is 7.34. The lowest BCUT2D eigenvalue weighted by Crippen LogP contribution is -2.28. The minimum atomic E-state index is -0.596. The van der Waals surface area contributed by atoms with E-state index in [0.29, 0.717) is 10.7 Å². The van der Waals surface area contributed by atoms with Gasteiger partial charge in [0.15, 0.2) is 6.61 Å². The fraction of sp³-hybridized carbons (Fsp3) is 0.211. The van der Waals surface area contributed by atoms with Gasteiger partial charge in [-0.2, -0.15) is 0 Å². The lowest BCUT2D eigenvalue weighted by atomic mass is 10.1. The highest BCUT2D eigenvalue weighted by Gasteiger charge is 2.36. The van der Waals surface area contributed by atoms with E-state index < -0.39 is 24.4 Å². The van der Waals surface area contributed by atoms with Crippen LogP contribution in [-0.4, -0.2) is 30.9 Å². The van der Waals surface area contributed by atoms with Crippen LogP contribution in [0.5, 0.6) is 0 Å². The number of hydrogen-bond acceptors (Lipinski definition) is 4. The Morgan fingerprint density at radius 1 is 1.22 bits per heavy atom. The second-order valence-electron chi connectivity index (χ2n) is 6.02. The fourth-order valence-corrected chi connectivity index (χ4v) is 3.48. The quantitative estimate of drug-likeness (QED) is 0.704. The summed E-state index contributed by atoms with van der Waals surface area (Å²) in [6.45, 7) is -0.205. The van der Waals surface area contributed by atoms with E-state index in [4.69, 9.17) is 16.3 Å². The van der Waals surface area contributed by atoms with E-state index in [-0.39, 0.29) is 18.9 Å². The molecule has 0 radical (unpaired) electrons. The van der Waals surface area contributed by atoms with Crippen LogP contribution in [0.2, 0.25) is 5.02 Å². The SMILES string of the molecule is O=C(COC(=O)[C@H]1CC(=O)N(c2ccccc2)C1)Nc1ccc(Br)cc1Cl. The van der Waals surface area contributed by atoms with Crippen molar-refractivity contribution in [2.45, 2.75) is 6.42 Å². The van der Waals surface area contributed by atoms with Crippen LogP contribution in [0.15, 0.2) is 53.0 Å².